The molecule has 0 atom stereocenters. The minimum absolute atomic E-state index is 0.0214. The van der Waals surface area contributed by atoms with E-state index in [0.717, 1.165) is 11.1 Å². The average Bonchev–Trinajstić information content (AvgIpc) is 3.18. The van der Waals surface area contributed by atoms with E-state index in [0.29, 0.717) is 30.0 Å². The van der Waals surface area contributed by atoms with E-state index < -0.39 is 15.6 Å². The van der Waals surface area contributed by atoms with Crippen molar-refractivity contribution in [2.45, 2.75) is 17.7 Å². The molecule has 1 aromatic heterocycles. The third kappa shape index (κ3) is 4.16. The third-order valence-electron chi connectivity index (χ3n) is 4.78. The molecular formula is C20H16Cl2N4O4S. The van der Waals surface area contributed by atoms with E-state index in [1.807, 2.05) is 0 Å². The largest absolute Gasteiger partial charge is 0.310 e. The van der Waals surface area contributed by atoms with E-state index >= 15 is 0 Å². The first-order chi connectivity index (χ1) is 14.8. The van der Waals surface area contributed by atoms with Gasteiger partial charge in [0.1, 0.15) is 5.02 Å². The number of carbonyl (C=O) groups excluding carboxylic acids is 1. The number of amides is 1. The number of sulfonamides is 1. The summed E-state index contributed by atoms with van der Waals surface area (Å²) in [5.41, 5.74) is 0.527. The van der Waals surface area contributed by atoms with Gasteiger partial charge in [0, 0.05) is 13.0 Å². The van der Waals surface area contributed by atoms with Gasteiger partial charge in [0.05, 0.1) is 33.2 Å². The molecule has 1 amide bonds. The molecule has 0 unspecified atom stereocenters. The number of para-hydroxylation sites is 2. The van der Waals surface area contributed by atoms with Crippen LogP contribution in [0.2, 0.25) is 10.0 Å². The van der Waals surface area contributed by atoms with Crippen molar-refractivity contribution in [3.63, 3.8) is 0 Å². The highest BCUT2D eigenvalue weighted by molar-refractivity contribution is 7.92. The molecule has 8 nitrogen and oxygen atoms in total. The molecule has 160 valence electrons. The van der Waals surface area contributed by atoms with Crippen LogP contribution >= 0.6 is 23.2 Å². The monoisotopic (exact) mass is 478 g/mol. The van der Waals surface area contributed by atoms with Gasteiger partial charge in [0.25, 0.3) is 15.6 Å². The molecule has 1 aliphatic rings. The molecule has 0 saturated carbocycles. The summed E-state index contributed by atoms with van der Waals surface area (Å²) in [5, 5.41) is 3.77. The van der Waals surface area contributed by atoms with Crippen LogP contribution < -0.4 is 15.2 Å². The maximum absolute atomic E-state index is 12.9. The maximum Gasteiger partial charge on any atom is 0.291 e. The van der Waals surface area contributed by atoms with Crippen molar-refractivity contribution < 1.29 is 13.2 Å². The fourth-order valence-electron chi connectivity index (χ4n) is 3.26. The molecule has 4 rings (SSSR count). The molecule has 2 heterocycles. The van der Waals surface area contributed by atoms with E-state index in [4.69, 9.17) is 23.2 Å². The molecule has 0 radical (unpaired) electrons. The van der Waals surface area contributed by atoms with Crippen molar-refractivity contribution in [1.82, 2.24) is 9.78 Å². The number of nitrogens with zero attached hydrogens (tertiary/aromatic N) is 3. The van der Waals surface area contributed by atoms with Gasteiger partial charge in [-0.05, 0) is 42.8 Å². The Balaban J connectivity index is 1.63. The summed E-state index contributed by atoms with van der Waals surface area (Å²) >= 11 is 11.7. The second-order valence-corrected chi connectivity index (χ2v) is 9.26. The molecule has 1 fully saturated rings. The molecule has 1 saturated heterocycles. The molecule has 0 spiro atoms. The van der Waals surface area contributed by atoms with Crippen molar-refractivity contribution in [3.05, 3.63) is 75.1 Å². The number of hydrogen-bond acceptors (Lipinski definition) is 5. The number of carbonyl (C=O) groups is 1. The average molecular weight is 479 g/mol. The summed E-state index contributed by atoms with van der Waals surface area (Å²) in [6.07, 6.45) is 2.39. The highest BCUT2D eigenvalue weighted by atomic mass is 35.5. The maximum atomic E-state index is 12.9. The summed E-state index contributed by atoms with van der Waals surface area (Å²) < 4.78 is 29.4. The van der Waals surface area contributed by atoms with Gasteiger partial charge in [-0.15, -0.1) is 0 Å². The normalized spacial score (nSPS) is 14.1. The number of rotatable bonds is 5. The van der Waals surface area contributed by atoms with Gasteiger partial charge < -0.3 is 4.90 Å². The quantitative estimate of drug-likeness (QED) is 0.604. The van der Waals surface area contributed by atoms with Crippen molar-refractivity contribution in [2.75, 3.05) is 16.2 Å². The highest BCUT2D eigenvalue weighted by Crippen LogP contribution is 2.31. The summed E-state index contributed by atoms with van der Waals surface area (Å²) in [6.45, 7) is 0.539. The Hall–Kier alpha value is -2.88. The second kappa shape index (κ2) is 8.33. The standard InChI is InChI=1S/C20H16Cl2N4O4S/c21-15-12-23-26(20(28)19(15)22)13-7-9-14(10-8-13)31(29,30)24-16-4-1-2-5-17(16)25-11-3-6-18(25)27/h1-2,4-5,7-10,12,24H,3,6,11H2. The van der Waals surface area contributed by atoms with Crippen LogP contribution in [0.1, 0.15) is 12.8 Å². The molecule has 3 aromatic rings. The van der Waals surface area contributed by atoms with Crippen LogP contribution in [0.15, 0.2) is 64.4 Å². The Morgan fingerprint density at radius 2 is 1.71 bits per heavy atom. The molecule has 0 bridgehead atoms. The topological polar surface area (TPSA) is 101 Å². The van der Waals surface area contributed by atoms with Gasteiger partial charge in [-0.25, -0.2) is 8.42 Å². The zero-order chi connectivity index (χ0) is 22.2. The van der Waals surface area contributed by atoms with Crippen LogP contribution in [-0.4, -0.2) is 30.7 Å². The molecular weight excluding hydrogens is 463 g/mol. The van der Waals surface area contributed by atoms with Crippen LogP contribution in [0.5, 0.6) is 0 Å². The number of hydrogen-bond donors (Lipinski definition) is 1. The third-order valence-corrected chi connectivity index (χ3v) is 6.91. The van der Waals surface area contributed by atoms with Gasteiger partial charge >= 0.3 is 0 Å². The lowest BCUT2D eigenvalue weighted by atomic mass is 10.2. The van der Waals surface area contributed by atoms with Gasteiger partial charge in [0.2, 0.25) is 5.91 Å². The first-order valence-corrected chi connectivity index (χ1v) is 11.5. The second-order valence-electron chi connectivity index (χ2n) is 6.79. The van der Waals surface area contributed by atoms with Crippen LogP contribution in [-0.2, 0) is 14.8 Å². The SMILES string of the molecule is O=C1CCCN1c1ccccc1NS(=O)(=O)c1ccc(-n2ncc(Cl)c(Cl)c2=O)cc1. The zero-order valence-corrected chi connectivity index (χ0v) is 18.3. The summed E-state index contributed by atoms with van der Waals surface area (Å²) in [6, 6.07) is 12.3. The van der Waals surface area contributed by atoms with Gasteiger partial charge in [-0.1, -0.05) is 35.3 Å². The molecule has 0 aliphatic carbocycles. The Bertz CT molecular complexity index is 1320. The van der Waals surface area contributed by atoms with E-state index in [1.165, 1.54) is 30.5 Å². The van der Waals surface area contributed by atoms with Crippen LogP contribution in [0.25, 0.3) is 5.69 Å². The zero-order valence-electron chi connectivity index (χ0n) is 16.0. The highest BCUT2D eigenvalue weighted by Gasteiger charge is 2.25. The van der Waals surface area contributed by atoms with Crippen LogP contribution in [0.4, 0.5) is 11.4 Å². The van der Waals surface area contributed by atoms with Crippen LogP contribution in [0, 0.1) is 0 Å². The van der Waals surface area contributed by atoms with Crippen molar-refractivity contribution in [2.24, 2.45) is 0 Å². The number of nitrogens with one attached hydrogen (secondary N) is 1. The lowest BCUT2D eigenvalue weighted by molar-refractivity contribution is -0.117. The fourth-order valence-corrected chi connectivity index (χ4v) is 4.59. The first kappa shape index (κ1) is 21.4. The number of anilines is 2. The predicted molar refractivity (Wildman–Crippen MR) is 119 cm³/mol. The van der Waals surface area contributed by atoms with Crippen molar-refractivity contribution in [1.29, 1.82) is 0 Å². The molecule has 2 aromatic carbocycles. The van der Waals surface area contributed by atoms with E-state index in [9.17, 15) is 18.0 Å². The van der Waals surface area contributed by atoms with Crippen LogP contribution in [0.3, 0.4) is 0 Å². The summed E-state index contributed by atoms with van der Waals surface area (Å²) in [4.78, 5) is 25.9. The Labute approximate surface area is 188 Å². The van der Waals surface area contributed by atoms with Gasteiger partial charge in [-0.2, -0.15) is 9.78 Å². The Morgan fingerprint density at radius 1 is 1.00 bits per heavy atom. The van der Waals surface area contributed by atoms with E-state index in [2.05, 4.69) is 9.82 Å². The molecule has 11 heteroatoms. The van der Waals surface area contributed by atoms with Crippen molar-refractivity contribution in [3.8, 4) is 5.69 Å². The molecule has 1 N–H and O–H groups in total. The summed E-state index contributed by atoms with van der Waals surface area (Å²) in [7, 11) is -3.95. The van der Waals surface area contributed by atoms with Crippen molar-refractivity contribution >= 4 is 50.5 Å². The first-order valence-electron chi connectivity index (χ1n) is 9.24. The lowest BCUT2D eigenvalue weighted by Crippen LogP contribution is -2.25. The minimum atomic E-state index is -3.95. The lowest BCUT2D eigenvalue weighted by Gasteiger charge is -2.20. The van der Waals surface area contributed by atoms with E-state index in [1.54, 1.807) is 29.2 Å². The smallest absolute Gasteiger partial charge is 0.291 e. The molecule has 31 heavy (non-hydrogen) atoms. The summed E-state index contributed by atoms with van der Waals surface area (Å²) in [5.74, 6) is -0.0458. The van der Waals surface area contributed by atoms with Gasteiger partial charge in [-0.3, -0.25) is 14.3 Å². The Kier molecular flexibility index (Phi) is 5.74. The fraction of sp³-hybridized carbons (Fsp3) is 0.150. The molecule has 1 aliphatic heterocycles. The number of halogens is 2. The predicted octanol–water partition coefficient (Wildman–Crippen LogP) is 3.47. The number of aromatic nitrogens is 2. The van der Waals surface area contributed by atoms with E-state index in [-0.39, 0.29) is 20.8 Å². The number of benzene rings is 2. The minimum Gasteiger partial charge on any atom is -0.310 e. The van der Waals surface area contributed by atoms with Gasteiger partial charge in [0.15, 0.2) is 0 Å². The Morgan fingerprint density at radius 3 is 2.39 bits per heavy atom.